The third-order valence-electron chi connectivity index (χ3n) is 2.19. The maximum Gasteiger partial charge on any atom is 0.257 e. The van der Waals surface area contributed by atoms with Crippen LogP contribution in [0.3, 0.4) is 0 Å². The van der Waals surface area contributed by atoms with Gasteiger partial charge in [0.25, 0.3) is 12.3 Å². The zero-order valence-electron chi connectivity index (χ0n) is 9.25. The first-order valence-electron chi connectivity index (χ1n) is 5.07. The van der Waals surface area contributed by atoms with Crippen LogP contribution in [-0.2, 0) is 0 Å². The third-order valence-corrected chi connectivity index (χ3v) is 2.85. The van der Waals surface area contributed by atoms with E-state index in [0.29, 0.717) is 4.47 Å². The van der Waals surface area contributed by atoms with E-state index in [4.69, 9.17) is 11.6 Å². The summed E-state index contributed by atoms with van der Waals surface area (Å²) in [6.45, 7) is -0.707. The molecular formula is C11H11BrClF2NO2. The number of hydrogen-bond acceptors (Lipinski definition) is 2. The second-order valence-corrected chi connectivity index (χ2v) is 4.79. The van der Waals surface area contributed by atoms with Gasteiger partial charge in [0.2, 0.25) is 0 Å². The highest BCUT2D eigenvalue weighted by Crippen LogP contribution is 2.23. The fraction of sp³-hybridized carbons (Fsp3) is 0.364. The van der Waals surface area contributed by atoms with Crippen molar-refractivity contribution in [2.45, 2.75) is 6.43 Å². The van der Waals surface area contributed by atoms with Crippen LogP contribution in [-0.4, -0.2) is 41.3 Å². The van der Waals surface area contributed by atoms with E-state index in [-0.39, 0.29) is 23.7 Å². The summed E-state index contributed by atoms with van der Waals surface area (Å²) < 4.78 is 25.3. The molecule has 0 fully saturated rings. The first-order chi connectivity index (χ1) is 8.45. The highest BCUT2D eigenvalue weighted by atomic mass is 79.9. The van der Waals surface area contributed by atoms with Crippen LogP contribution in [0.1, 0.15) is 10.4 Å². The van der Waals surface area contributed by atoms with Crippen LogP contribution < -0.4 is 0 Å². The van der Waals surface area contributed by atoms with Crippen LogP contribution in [0.2, 0.25) is 0 Å². The Morgan fingerprint density at radius 2 is 2.17 bits per heavy atom. The average molecular weight is 343 g/mol. The summed E-state index contributed by atoms with van der Waals surface area (Å²) in [4.78, 5) is 12.9. The van der Waals surface area contributed by atoms with E-state index in [1.807, 2.05) is 0 Å². The molecule has 0 aromatic heterocycles. The van der Waals surface area contributed by atoms with E-state index in [0.717, 1.165) is 4.90 Å². The highest BCUT2D eigenvalue weighted by Gasteiger charge is 2.21. The Hall–Kier alpha value is -0.880. The minimum absolute atomic E-state index is 0.000231. The van der Waals surface area contributed by atoms with Crippen LogP contribution in [0.4, 0.5) is 8.78 Å². The molecule has 0 saturated heterocycles. The van der Waals surface area contributed by atoms with E-state index in [2.05, 4.69) is 15.9 Å². The molecule has 18 heavy (non-hydrogen) atoms. The Bertz CT molecular complexity index is 432. The van der Waals surface area contributed by atoms with Crippen molar-refractivity contribution < 1.29 is 18.7 Å². The van der Waals surface area contributed by atoms with Gasteiger partial charge in [0.1, 0.15) is 5.75 Å². The number of carbonyl (C=O) groups excluding carboxylic acids is 1. The van der Waals surface area contributed by atoms with Gasteiger partial charge in [-0.25, -0.2) is 8.78 Å². The predicted octanol–water partition coefficient (Wildman–Crippen LogP) is 3.10. The van der Waals surface area contributed by atoms with Crippen molar-refractivity contribution in [2.24, 2.45) is 0 Å². The predicted molar refractivity (Wildman–Crippen MR) is 68.4 cm³/mol. The first kappa shape index (κ1) is 15.2. The van der Waals surface area contributed by atoms with Gasteiger partial charge >= 0.3 is 0 Å². The van der Waals surface area contributed by atoms with Gasteiger partial charge in [-0.3, -0.25) is 4.79 Å². The van der Waals surface area contributed by atoms with Crippen LogP contribution >= 0.6 is 27.5 Å². The lowest BCUT2D eigenvalue weighted by atomic mass is 10.1. The van der Waals surface area contributed by atoms with Gasteiger partial charge in [0, 0.05) is 16.9 Å². The fourth-order valence-electron chi connectivity index (χ4n) is 1.40. The van der Waals surface area contributed by atoms with Crippen molar-refractivity contribution in [3.8, 4) is 5.75 Å². The summed E-state index contributed by atoms with van der Waals surface area (Å²) in [6, 6.07) is 4.25. The van der Waals surface area contributed by atoms with Gasteiger partial charge in [-0.05, 0) is 18.2 Å². The molecule has 0 heterocycles. The molecular weight excluding hydrogens is 331 g/mol. The fourth-order valence-corrected chi connectivity index (χ4v) is 1.95. The zero-order chi connectivity index (χ0) is 13.7. The van der Waals surface area contributed by atoms with Crippen molar-refractivity contribution in [2.75, 3.05) is 19.0 Å². The number of aromatic hydroxyl groups is 1. The number of phenolic OH excluding ortho intramolecular Hbond substituents is 1. The van der Waals surface area contributed by atoms with E-state index >= 15 is 0 Å². The normalized spacial score (nSPS) is 10.7. The molecule has 1 amide bonds. The molecule has 3 nitrogen and oxygen atoms in total. The summed E-state index contributed by atoms with van der Waals surface area (Å²) in [5.41, 5.74) is -0.0241. The summed E-state index contributed by atoms with van der Waals surface area (Å²) in [5, 5.41) is 9.62. The highest BCUT2D eigenvalue weighted by molar-refractivity contribution is 9.10. The standard InChI is InChI=1S/C11H11BrClF2NO2/c12-7-1-2-8(9(17)5-7)11(18)16(4-3-13)6-10(14)15/h1-2,5,10,17H,3-4,6H2. The number of amides is 1. The minimum atomic E-state index is -2.64. The average Bonchev–Trinajstić information content (AvgIpc) is 2.27. The molecule has 1 aromatic carbocycles. The monoisotopic (exact) mass is 341 g/mol. The summed E-state index contributed by atoms with van der Waals surface area (Å²) >= 11 is 8.59. The van der Waals surface area contributed by atoms with Gasteiger partial charge in [-0.15, -0.1) is 11.6 Å². The second kappa shape index (κ2) is 6.89. The number of alkyl halides is 3. The van der Waals surface area contributed by atoms with Crippen molar-refractivity contribution in [1.29, 1.82) is 0 Å². The summed E-state index contributed by atoms with van der Waals surface area (Å²) in [6.07, 6.45) is -2.64. The quantitative estimate of drug-likeness (QED) is 0.835. The molecule has 0 radical (unpaired) electrons. The Morgan fingerprint density at radius 1 is 1.50 bits per heavy atom. The first-order valence-corrected chi connectivity index (χ1v) is 6.40. The van der Waals surface area contributed by atoms with E-state index in [1.165, 1.54) is 12.1 Å². The van der Waals surface area contributed by atoms with Gasteiger partial charge in [0.05, 0.1) is 12.1 Å². The van der Waals surface area contributed by atoms with Crippen LogP contribution in [0.15, 0.2) is 22.7 Å². The van der Waals surface area contributed by atoms with E-state index in [9.17, 15) is 18.7 Å². The Balaban J connectivity index is 2.94. The van der Waals surface area contributed by atoms with Gasteiger partial charge in [-0.1, -0.05) is 15.9 Å². The van der Waals surface area contributed by atoms with Crippen molar-refractivity contribution >= 4 is 33.4 Å². The van der Waals surface area contributed by atoms with E-state index < -0.39 is 18.9 Å². The molecule has 0 saturated carbocycles. The molecule has 1 N–H and O–H groups in total. The van der Waals surface area contributed by atoms with Gasteiger partial charge < -0.3 is 10.0 Å². The maximum absolute atomic E-state index is 12.3. The molecule has 0 aliphatic heterocycles. The number of phenols is 1. The Labute approximate surface area is 116 Å². The number of carbonyl (C=O) groups is 1. The molecule has 100 valence electrons. The minimum Gasteiger partial charge on any atom is -0.507 e. The Morgan fingerprint density at radius 3 is 2.67 bits per heavy atom. The SMILES string of the molecule is O=C(c1ccc(Br)cc1O)N(CCCl)CC(F)F. The smallest absolute Gasteiger partial charge is 0.257 e. The maximum atomic E-state index is 12.3. The summed E-state index contributed by atoms with van der Waals surface area (Å²) in [7, 11) is 0. The molecule has 0 unspecified atom stereocenters. The Kier molecular flexibility index (Phi) is 5.81. The molecule has 0 spiro atoms. The van der Waals surface area contributed by atoms with Crippen molar-refractivity contribution in [3.63, 3.8) is 0 Å². The number of nitrogens with zero attached hydrogens (tertiary/aromatic N) is 1. The number of rotatable bonds is 5. The van der Waals surface area contributed by atoms with Crippen LogP contribution in [0.5, 0.6) is 5.75 Å². The van der Waals surface area contributed by atoms with Crippen molar-refractivity contribution in [3.05, 3.63) is 28.2 Å². The van der Waals surface area contributed by atoms with Crippen molar-refractivity contribution in [1.82, 2.24) is 4.90 Å². The molecule has 1 aromatic rings. The largest absolute Gasteiger partial charge is 0.507 e. The second-order valence-electron chi connectivity index (χ2n) is 3.49. The number of benzene rings is 1. The number of hydrogen-bond donors (Lipinski definition) is 1. The van der Waals surface area contributed by atoms with Gasteiger partial charge in [0.15, 0.2) is 0 Å². The lowest BCUT2D eigenvalue weighted by molar-refractivity contribution is 0.0568. The van der Waals surface area contributed by atoms with Crippen LogP contribution in [0, 0.1) is 0 Å². The molecule has 0 bridgehead atoms. The number of halogens is 4. The van der Waals surface area contributed by atoms with Gasteiger partial charge in [-0.2, -0.15) is 0 Å². The zero-order valence-corrected chi connectivity index (χ0v) is 11.6. The van der Waals surface area contributed by atoms with E-state index in [1.54, 1.807) is 6.07 Å². The molecule has 7 heteroatoms. The third kappa shape index (κ3) is 4.10. The lowest BCUT2D eigenvalue weighted by Gasteiger charge is -2.21. The van der Waals surface area contributed by atoms with Crippen LogP contribution in [0.25, 0.3) is 0 Å². The topological polar surface area (TPSA) is 40.5 Å². The lowest BCUT2D eigenvalue weighted by Crippen LogP contribution is -2.36. The molecule has 0 aliphatic rings. The molecule has 0 aliphatic carbocycles. The molecule has 1 rings (SSSR count). The molecule has 0 atom stereocenters. The summed E-state index contributed by atoms with van der Waals surface area (Å²) in [5.74, 6) is -0.875.